The van der Waals surface area contributed by atoms with Crippen LogP contribution in [0.4, 0.5) is 0 Å². The van der Waals surface area contributed by atoms with Gasteiger partial charge in [-0.05, 0) is 77.0 Å². The molecule has 0 rings (SSSR count). The number of aliphatic hydroxyl groups is 1. The van der Waals surface area contributed by atoms with Crippen molar-refractivity contribution in [2.24, 2.45) is 0 Å². The van der Waals surface area contributed by atoms with E-state index in [0.29, 0.717) is 13.0 Å². The largest absolute Gasteiger partial charge is 0.457 e. The molecular formula is C38H64O4. The number of ether oxygens (including phenoxy) is 2. The van der Waals surface area contributed by atoms with Crippen LogP contribution in [0, 0.1) is 0 Å². The van der Waals surface area contributed by atoms with E-state index in [1.165, 1.54) is 57.8 Å². The Morgan fingerprint density at radius 1 is 0.595 bits per heavy atom. The number of allylic oxidation sites excluding steroid dienone is 12. The quantitative estimate of drug-likeness (QED) is 0.0518. The Bertz CT molecular complexity index is 744. The van der Waals surface area contributed by atoms with Gasteiger partial charge in [-0.15, -0.1) is 0 Å². The molecule has 4 heteroatoms. The third-order valence-corrected chi connectivity index (χ3v) is 6.77. The van der Waals surface area contributed by atoms with Crippen LogP contribution in [0.15, 0.2) is 72.9 Å². The summed E-state index contributed by atoms with van der Waals surface area (Å²) < 4.78 is 11.0. The summed E-state index contributed by atoms with van der Waals surface area (Å²) in [4.78, 5) is 12.1. The van der Waals surface area contributed by atoms with Crippen LogP contribution in [0.3, 0.4) is 0 Å². The van der Waals surface area contributed by atoms with E-state index in [2.05, 4.69) is 86.8 Å². The van der Waals surface area contributed by atoms with Crippen LogP contribution >= 0.6 is 0 Å². The third kappa shape index (κ3) is 32.3. The lowest BCUT2D eigenvalue weighted by Crippen LogP contribution is -2.27. The smallest absolute Gasteiger partial charge is 0.306 e. The molecule has 0 aliphatic heterocycles. The molecular weight excluding hydrogens is 520 g/mol. The number of carbonyl (C=O) groups excluding carboxylic acids is 1. The molecule has 1 atom stereocenters. The van der Waals surface area contributed by atoms with Crippen molar-refractivity contribution in [3.63, 3.8) is 0 Å². The SMILES string of the molecule is CC/C=C\C/C=C\C/C=C\C/C=C\C/C=C\CCCC(=O)OC(CO)COCCCCCCCC/C=C\CCCCC. The van der Waals surface area contributed by atoms with E-state index >= 15 is 0 Å². The Hall–Kier alpha value is -2.17. The van der Waals surface area contributed by atoms with Crippen molar-refractivity contribution < 1.29 is 19.4 Å². The zero-order valence-electron chi connectivity index (χ0n) is 27.2. The lowest BCUT2D eigenvalue weighted by molar-refractivity contribution is -0.154. The number of carbonyl (C=O) groups is 1. The van der Waals surface area contributed by atoms with Crippen molar-refractivity contribution >= 4 is 5.97 Å². The van der Waals surface area contributed by atoms with Crippen LogP contribution in [-0.2, 0) is 14.3 Å². The van der Waals surface area contributed by atoms with Gasteiger partial charge in [0, 0.05) is 13.0 Å². The Labute approximate surface area is 259 Å². The topological polar surface area (TPSA) is 55.8 Å². The summed E-state index contributed by atoms with van der Waals surface area (Å²) >= 11 is 0. The number of hydrogen-bond donors (Lipinski definition) is 1. The highest BCUT2D eigenvalue weighted by Crippen LogP contribution is 2.09. The van der Waals surface area contributed by atoms with Gasteiger partial charge >= 0.3 is 5.97 Å². The maximum Gasteiger partial charge on any atom is 0.306 e. The van der Waals surface area contributed by atoms with Crippen LogP contribution in [0.1, 0.15) is 136 Å². The number of rotatable bonds is 30. The molecule has 0 aliphatic carbocycles. The second-order valence-corrected chi connectivity index (χ2v) is 10.8. The van der Waals surface area contributed by atoms with Gasteiger partial charge in [-0.2, -0.15) is 0 Å². The maximum atomic E-state index is 12.1. The summed E-state index contributed by atoms with van der Waals surface area (Å²) in [6.45, 7) is 5.11. The highest BCUT2D eigenvalue weighted by atomic mass is 16.6. The van der Waals surface area contributed by atoms with Gasteiger partial charge in [-0.3, -0.25) is 4.79 Å². The van der Waals surface area contributed by atoms with Gasteiger partial charge in [0.1, 0.15) is 6.10 Å². The molecule has 1 unspecified atom stereocenters. The summed E-state index contributed by atoms with van der Waals surface area (Å²) in [5.74, 6) is -0.263. The highest BCUT2D eigenvalue weighted by Gasteiger charge is 2.13. The first-order valence-electron chi connectivity index (χ1n) is 17.0. The Morgan fingerprint density at radius 2 is 1.07 bits per heavy atom. The van der Waals surface area contributed by atoms with Crippen LogP contribution in [0.5, 0.6) is 0 Å². The molecule has 0 amide bonds. The summed E-state index contributed by atoms with van der Waals surface area (Å²) in [5.41, 5.74) is 0. The van der Waals surface area contributed by atoms with Gasteiger partial charge in [0.2, 0.25) is 0 Å². The van der Waals surface area contributed by atoms with Gasteiger partial charge in [-0.1, -0.05) is 125 Å². The molecule has 0 spiro atoms. The van der Waals surface area contributed by atoms with Crippen LogP contribution in [-0.4, -0.2) is 37.0 Å². The summed E-state index contributed by atoms with van der Waals surface area (Å²) in [6, 6.07) is 0. The predicted molar refractivity (Wildman–Crippen MR) is 182 cm³/mol. The minimum Gasteiger partial charge on any atom is -0.457 e. The van der Waals surface area contributed by atoms with Gasteiger partial charge in [0.25, 0.3) is 0 Å². The Morgan fingerprint density at radius 3 is 1.64 bits per heavy atom. The predicted octanol–water partition coefficient (Wildman–Crippen LogP) is 10.7. The average molecular weight is 585 g/mol. The van der Waals surface area contributed by atoms with Crippen molar-refractivity contribution in [1.82, 2.24) is 0 Å². The summed E-state index contributed by atoms with van der Waals surface area (Å²) in [7, 11) is 0. The first kappa shape index (κ1) is 39.8. The first-order valence-corrected chi connectivity index (χ1v) is 17.0. The molecule has 0 heterocycles. The minimum atomic E-state index is -0.568. The molecule has 0 saturated heterocycles. The number of esters is 1. The van der Waals surface area contributed by atoms with Crippen LogP contribution < -0.4 is 0 Å². The minimum absolute atomic E-state index is 0.201. The number of aliphatic hydroxyl groups excluding tert-OH is 1. The first-order chi connectivity index (χ1) is 20.7. The van der Waals surface area contributed by atoms with Gasteiger partial charge in [0.05, 0.1) is 13.2 Å². The van der Waals surface area contributed by atoms with E-state index in [1.54, 1.807) is 0 Å². The molecule has 1 N–H and O–H groups in total. The van der Waals surface area contributed by atoms with E-state index < -0.39 is 6.10 Å². The lowest BCUT2D eigenvalue weighted by Gasteiger charge is -2.15. The molecule has 4 nitrogen and oxygen atoms in total. The van der Waals surface area contributed by atoms with E-state index in [4.69, 9.17) is 9.47 Å². The van der Waals surface area contributed by atoms with E-state index in [-0.39, 0.29) is 19.2 Å². The van der Waals surface area contributed by atoms with E-state index in [0.717, 1.165) is 57.8 Å². The zero-order chi connectivity index (χ0) is 30.6. The molecule has 0 radical (unpaired) electrons. The van der Waals surface area contributed by atoms with Gasteiger partial charge in [-0.25, -0.2) is 0 Å². The van der Waals surface area contributed by atoms with Crippen molar-refractivity contribution in [1.29, 1.82) is 0 Å². The molecule has 0 aromatic carbocycles. The monoisotopic (exact) mass is 584 g/mol. The van der Waals surface area contributed by atoms with Crippen molar-refractivity contribution in [2.45, 2.75) is 142 Å². The second kappa shape index (κ2) is 35.0. The normalized spacial score (nSPS) is 13.3. The van der Waals surface area contributed by atoms with E-state index in [1.807, 2.05) is 0 Å². The molecule has 0 saturated carbocycles. The molecule has 0 aromatic rings. The van der Waals surface area contributed by atoms with Crippen molar-refractivity contribution in [3.8, 4) is 0 Å². The third-order valence-electron chi connectivity index (χ3n) is 6.77. The summed E-state index contributed by atoms with van der Waals surface area (Å²) in [5, 5.41) is 9.52. The highest BCUT2D eigenvalue weighted by molar-refractivity contribution is 5.69. The fraction of sp³-hybridized carbons (Fsp3) is 0.658. The van der Waals surface area contributed by atoms with Crippen molar-refractivity contribution in [2.75, 3.05) is 19.8 Å². The van der Waals surface area contributed by atoms with Crippen LogP contribution in [0.25, 0.3) is 0 Å². The van der Waals surface area contributed by atoms with Gasteiger partial charge < -0.3 is 14.6 Å². The Balaban J connectivity index is 3.62. The standard InChI is InChI=1S/C38H64O4/c1-3-5-7-9-11-13-15-17-18-19-20-21-23-25-27-29-31-33-38(40)42-37(35-39)36-41-34-32-30-28-26-24-22-16-14-12-10-8-6-4-2/h5,7,11-14,17-18,20-21,25,27,37,39H,3-4,6,8-10,15-16,19,22-24,26,28-36H2,1-2H3/b7-5-,13-11-,14-12-,18-17-,21-20-,27-25-. The molecule has 0 fully saturated rings. The molecule has 0 aromatic heterocycles. The fourth-order valence-electron chi connectivity index (χ4n) is 4.24. The number of hydrogen-bond acceptors (Lipinski definition) is 4. The molecule has 0 bridgehead atoms. The zero-order valence-corrected chi connectivity index (χ0v) is 27.2. The van der Waals surface area contributed by atoms with Crippen molar-refractivity contribution in [3.05, 3.63) is 72.9 Å². The lowest BCUT2D eigenvalue weighted by atomic mass is 10.1. The summed E-state index contributed by atoms with van der Waals surface area (Å²) in [6.07, 6.45) is 46.5. The molecule has 240 valence electrons. The number of unbranched alkanes of at least 4 members (excludes halogenated alkanes) is 10. The Kier molecular flexibility index (Phi) is 33.2. The van der Waals surface area contributed by atoms with E-state index in [9.17, 15) is 9.90 Å². The maximum absolute atomic E-state index is 12.1. The van der Waals surface area contributed by atoms with Gasteiger partial charge in [0.15, 0.2) is 0 Å². The average Bonchev–Trinajstić information content (AvgIpc) is 3.00. The van der Waals surface area contributed by atoms with Crippen LogP contribution in [0.2, 0.25) is 0 Å². The molecule has 42 heavy (non-hydrogen) atoms. The molecule has 0 aliphatic rings. The second-order valence-electron chi connectivity index (χ2n) is 10.8. The fourth-order valence-corrected chi connectivity index (χ4v) is 4.24.